The molecule has 1 fully saturated rings. The van der Waals surface area contributed by atoms with Crippen molar-refractivity contribution in [1.29, 1.82) is 0 Å². The lowest BCUT2D eigenvalue weighted by Gasteiger charge is -2.17. The van der Waals surface area contributed by atoms with Crippen LogP contribution in [0.15, 0.2) is 18.7 Å². The van der Waals surface area contributed by atoms with Crippen LogP contribution in [0.5, 0.6) is 0 Å². The van der Waals surface area contributed by atoms with Gasteiger partial charge in [0.25, 0.3) is 0 Å². The van der Waals surface area contributed by atoms with E-state index in [4.69, 9.17) is 0 Å². The number of carbonyl (C=O) groups excluding carboxylic acids is 1. The number of imidazole rings is 1. The SMILES string of the molecule is CC(Cn1ccnc1)NC(=O)NC1CCCC1. The normalized spacial score (nSPS) is 17.9. The summed E-state index contributed by atoms with van der Waals surface area (Å²) in [6.07, 6.45) is 10.1. The van der Waals surface area contributed by atoms with Crippen molar-refractivity contribution in [2.45, 2.75) is 51.2 Å². The number of rotatable bonds is 4. The topological polar surface area (TPSA) is 59.0 Å². The third-order valence-electron chi connectivity index (χ3n) is 3.11. The zero-order valence-electron chi connectivity index (χ0n) is 10.2. The van der Waals surface area contributed by atoms with Gasteiger partial charge in [-0.2, -0.15) is 0 Å². The molecule has 2 N–H and O–H groups in total. The Morgan fingerprint density at radius 2 is 2.29 bits per heavy atom. The molecule has 2 rings (SSSR count). The van der Waals surface area contributed by atoms with Gasteiger partial charge in [-0.3, -0.25) is 0 Å². The molecule has 0 bridgehead atoms. The van der Waals surface area contributed by atoms with Crippen LogP contribution < -0.4 is 10.6 Å². The number of nitrogens with one attached hydrogen (secondary N) is 2. The average molecular weight is 236 g/mol. The second-order valence-electron chi connectivity index (χ2n) is 4.76. The number of aromatic nitrogens is 2. The predicted molar refractivity (Wildman–Crippen MR) is 65.6 cm³/mol. The second kappa shape index (κ2) is 5.70. The molecule has 1 unspecified atom stereocenters. The molecule has 1 aliphatic carbocycles. The van der Waals surface area contributed by atoms with E-state index in [0.29, 0.717) is 6.04 Å². The minimum atomic E-state index is -0.0514. The lowest BCUT2D eigenvalue weighted by atomic mass is 10.2. The summed E-state index contributed by atoms with van der Waals surface area (Å²) in [6, 6.07) is 0.422. The Morgan fingerprint density at radius 3 is 2.94 bits per heavy atom. The number of hydrogen-bond acceptors (Lipinski definition) is 2. The molecule has 0 spiro atoms. The van der Waals surface area contributed by atoms with E-state index in [9.17, 15) is 4.79 Å². The highest BCUT2D eigenvalue weighted by molar-refractivity contribution is 5.74. The molecular weight excluding hydrogens is 216 g/mol. The molecule has 2 amide bonds. The second-order valence-corrected chi connectivity index (χ2v) is 4.76. The van der Waals surface area contributed by atoms with Crippen molar-refractivity contribution in [2.75, 3.05) is 0 Å². The Kier molecular flexibility index (Phi) is 4.01. The fourth-order valence-corrected chi connectivity index (χ4v) is 2.28. The van der Waals surface area contributed by atoms with Crippen LogP contribution in [0.3, 0.4) is 0 Å². The minimum absolute atomic E-state index is 0.0514. The van der Waals surface area contributed by atoms with Gasteiger partial charge in [0, 0.05) is 31.0 Å². The maximum absolute atomic E-state index is 11.7. The van der Waals surface area contributed by atoms with Gasteiger partial charge in [-0.25, -0.2) is 9.78 Å². The minimum Gasteiger partial charge on any atom is -0.335 e. The first kappa shape index (κ1) is 12.0. The molecule has 0 aromatic carbocycles. The summed E-state index contributed by atoms with van der Waals surface area (Å²) in [5.74, 6) is 0. The monoisotopic (exact) mass is 236 g/mol. The van der Waals surface area contributed by atoms with Crippen LogP contribution in [0.2, 0.25) is 0 Å². The Balaban J connectivity index is 1.70. The molecule has 94 valence electrons. The Labute approximate surface area is 102 Å². The number of carbonyl (C=O) groups is 1. The maximum atomic E-state index is 11.7. The summed E-state index contributed by atoms with van der Waals surface area (Å²) >= 11 is 0. The number of nitrogens with zero attached hydrogens (tertiary/aromatic N) is 2. The molecule has 1 aliphatic rings. The zero-order chi connectivity index (χ0) is 12.1. The third-order valence-corrected chi connectivity index (χ3v) is 3.11. The summed E-state index contributed by atoms with van der Waals surface area (Å²) in [5, 5.41) is 5.96. The highest BCUT2D eigenvalue weighted by Crippen LogP contribution is 2.17. The van der Waals surface area contributed by atoms with Gasteiger partial charge in [0.05, 0.1) is 6.33 Å². The predicted octanol–water partition coefficient (Wildman–Crippen LogP) is 1.51. The lowest BCUT2D eigenvalue weighted by Crippen LogP contribution is -2.45. The fourth-order valence-electron chi connectivity index (χ4n) is 2.28. The molecule has 1 aromatic heterocycles. The maximum Gasteiger partial charge on any atom is 0.315 e. The lowest BCUT2D eigenvalue weighted by molar-refractivity contribution is 0.232. The van der Waals surface area contributed by atoms with Crippen LogP contribution >= 0.6 is 0 Å². The van der Waals surface area contributed by atoms with Crippen LogP contribution in [0.1, 0.15) is 32.6 Å². The van der Waals surface area contributed by atoms with Gasteiger partial charge < -0.3 is 15.2 Å². The van der Waals surface area contributed by atoms with Gasteiger partial charge in [0.1, 0.15) is 0 Å². The summed E-state index contributed by atoms with van der Waals surface area (Å²) < 4.78 is 1.96. The van der Waals surface area contributed by atoms with Crippen molar-refractivity contribution in [3.05, 3.63) is 18.7 Å². The third kappa shape index (κ3) is 3.76. The molecule has 1 aromatic rings. The van der Waals surface area contributed by atoms with Crippen LogP contribution in [0.4, 0.5) is 4.79 Å². The van der Waals surface area contributed by atoms with Crippen molar-refractivity contribution in [3.8, 4) is 0 Å². The van der Waals surface area contributed by atoms with E-state index in [-0.39, 0.29) is 12.1 Å². The fraction of sp³-hybridized carbons (Fsp3) is 0.667. The number of amides is 2. The van der Waals surface area contributed by atoms with E-state index < -0.39 is 0 Å². The van der Waals surface area contributed by atoms with Crippen LogP contribution in [-0.4, -0.2) is 27.7 Å². The first-order valence-electron chi connectivity index (χ1n) is 6.27. The van der Waals surface area contributed by atoms with Gasteiger partial charge in [-0.1, -0.05) is 12.8 Å². The molecule has 5 heteroatoms. The molecule has 5 nitrogen and oxygen atoms in total. The van der Waals surface area contributed by atoms with Crippen molar-refractivity contribution >= 4 is 6.03 Å². The quantitative estimate of drug-likeness (QED) is 0.832. The zero-order valence-corrected chi connectivity index (χ0v) is 10.2. The summed E-state index contributed by atoms with van der Waals surface area (Å²) in [6.45, 7) is 2.74. The van der Waals surface area contributed by atoms with Crippen molar-refractivity contribution < 1.29 is 4.79 Å². The largest absolute Gasteiger partial charge is 0.335 e. The van der Waals surface area contributed by atoms with E-state index in [0.717, 1.165) is 19.4 Å². The van der Waals surface area contributed by atoms with Crippen LogP contribution in [-0.2, 0) is 6.54 Å². The summed E-state index contributed by atoms with van der Waals surface area (Å²) in [7, 11) is 0. The Hall–Kier alpha value is -1.52. The average Bonchev–Trinajstić information content (AvgIpc) is 2.90. The Bertz CT molecular complexity index is 343. The number of hydrogen-bond donors (Lipinski definition) is 2. The van der Waals surface area contributed by atoms with Crippen molar-refractivity contribution in [2.24, 2.45) is 0 Å². The summed E-state index contributed by atoms with van der Waals surface area (Å²) in [4.78, 5) is 15.7. The van der Waals surface area contributed by atoms with Gasteiger partial charge >= 0.3 is 6.03 Å². The highest BCUT2D eigenvalue weighted by atomic mass is 16.2. The molecule has 17 heavy (non-hydrogen) atoms. The molecular formula is C12H20N4O. The van der Waals surface area contributed by atoms with E-state index in [2.05, 4.69) is 15.6 Å². The molecule has 0 radical (unpaired) electrons. The molecule has 1 atom stereocenters. The van der Waals surface area contributed by atoms with Gasteiger partial charge in [-0.05, 0) is 19.8 Å². The first-order valence-corrected chi connectivity index (χ1v) is 6.27. The van der Waals surface area contributed by atoms with Gasteiger partial charge in [0.2, 0.25) is 0 Å². The van der Waals surface area contributed by atoms with Crippen LogP contribution in [0.25, 0.3) is 0 Å². The smallest absolute Gasteiger partial charge is 0.315 e. The van der Waals surface area contributed by atoms with Crippen LogP contribution in [0, 0.1) is 0 Å². The first-order chi connectivity index (χ1) is 8.24. The molecule has 0 saturated heterocycles. The number of urea groups is 1. The van der Waals surface area contributed by atoms with Gasteiger partial charge in [-0.15, -0.1) is 0 Å². The summed E-state index contributed by atoms with van der Waals surface area (Å²) in [5.41, 5.74) is 0. The standard InChI is InChI=1S/C12H20N4O/c1-10(8-16-7-6-13-9-16)14-12(17)15-11-4-2-3-5-11/h6-7,9-11H,2-5,8H2,1H3,(H2,14,15,17). The van der Waals surface area contributed by atoms with E-state index in [1.54, 1.807) is 12.5 Å². The van der Waals surface area contributed by atoms with E-state index in [1.165, 1.54) is 12.8 Å². The van der Waals surface area contributed by atoms with E-state index >= 15 is 0 Å². The Morgan fingerprint density at radius 1 is 1.53 bits per heavy atom. The molecule has 0 aliphatic heterocycles. The van der Waals surface area contributed by atoms with Crippen molar-refractivity contribution in [3.63, 3.8) is 0 Å². The van der Waals surface area contributed by atoms with Gasteiger partial charge in [0.15, 0.2) is 0 Å². The molecule has 1 saturated carbocycles. The van der Waals surface area contributed by atoms with E-state index in [1.807, 2.05) is 17.7 Å². The molecule has 1 heterocycles. The van der Waals surface area contributed by atoms with Crippen molar-refractivity contribution in [1.82, 2.24) is 20.2 Å². The highest BCUT2D eigenvalue weighted by Gasteiger charge is 2.17.